The molecule has 1 amide bonds. The minimum Gasteiger partial charge on any atom is -0.293 e. The molecule has 92 valence electrons. The van der Waals surface area contributed by atoms with E-state index in [2.05, 4.69) is 10.3 Å². The fourth-order valence-electron chi connectivity index (χ4n) is 3.42. The maximum atomic E-state index is 11.6. The van der Waals surface area contributed by atoms with Crippen molar-refractivity contribution >= 4 is 5.91 Å². The molecule has 16 heavy (non-hydrogen) atoms. The molecule has 4 heteroatoms. The van der Waals surface area contributed by atoms with E-state index < -0.39 is 0 Å². The summed E-state index contributed by atoms with van der Waals surface area (Å²) in [5.74, 6) is 5.99. The van der Waals surface area contributed by atoms with Crippen molar-refractivity contribution in [2.45, 2.75) is 57.5 Å². The number of rotatable bonds is 2. The highest BCUT2D eigenvalue weighted by Crippen LogP contribution is 2.36. The molecule has 1 saturated carbocycles. The zero-order valence-corrected chi connectivity index (χ0v) is 10.1. The molecule has 2 fully saturated rings. The average Bonchev–Trinajstić information content (AvgIpc) is 2.36. The maximum absolute atomic E-state index is 11.6. The average molecular weight is 225 g/mol. The second-order valence-corrected chi connectivity index (χ2v) is 5.18. The zero-order valence-electron chi connectivity index (χ0n) is 10.1. The minimum absolute atomic E-state index is 0.0498. The Hall–Kier alpha value is -0.610. The molecule has 0 spiro atoms. The van der Waals surface area contributed by atoms with Gasteiger partial charge in [-0.2, -0.15) is 0 Å². The lowest BCUT2D eigenvalue weighted by Crippen LogP contribution is -2.56. The van der Waals surface area contributed by atoms with E-state index in [1.807, 2.05) is 6.92 Å². The van der Waals surface area contributed by atoms with Crippen LogP contribution in [0.2, 0.25) is 0 Å². The fourth-order valence-corrected chi connectivity index (χ4v) is 3.42. The Bertz CT molecular complexity index is 255. The smallest absolute Gasteiger partial charge is 0.250 e. The minimum atomic E-state index is -0.0732. The third-order valence-corrected chi connectivity index (χ3v) is 4.31. The second-order valence-electron chi connectivity index (χ2n) is 5.18. The summed E-state index contributed by atoms with van der Waals surface area (Å²) in [6, 6.07) is 0.547. The van der Waals surface area contributed by atoms with Crippen molar-refractivity contribution in [3.05, 3.63) is 0 Å². The predicted molar refractivity (Wildman–Crippen MR) is 63.5 cm³/mol. The van der Waals surface area contributed by atoms with Gasteiger partial charge in [0.15, 0.2) is 0 Å². The van der Waals surface area contributed by atoms with Gasteiger partial charge >= 0.3 is 0 Å². The summed E-state index contributed by atoms with van der Waals surface area (Å²) < 4.78 is 0. The van der Waals surface area contributed by atoms with Gasteiger partial charge in [-0.1, -0.05) is 12.8 Å². The molecule has 0 radical (unpaired) electrons. The number of hydrazine groups is 1. The highest BCUT2D eigenvalue weighted by molar-refractivity contribution is 5.80. The number of carbonyl (C=O) groups is 1. The second kappa shape index (κ2) is 5.15. The van der Waals surface area contributed by atoms with E-state index in [0.29, 0.717) is 6.04 Å². The van der Waals surface area contributed by atoms with Crippen LogP contribution in [0.5, 0.6) is 0 Å². The number of nitrogens with zero attached hydrogens (tertiary/aromatic N) is 1. The molecule has 4 nitrogen and oxygen atoms in total. The number of amides is 1. The van der Waals surface area contributed by atoms with Gasteiger partial charge in [0.2, 0.25) is 0 Å². The molecule has 1 aliphatic heterocycles. The van der Waals surface area contributed by atoms with E-state index in [-0.39, 0.29) is 11.9 Å². The van der Waals surface area contributed by atoms with Crippen LogP contribution in [0.25, 0.3) is 0 Å². The zero-order chi connectivity index (χ0) is 11.5. The van der Waals surface area contributed by atoms with E-state index in [1.54, 1.807) is 0 Å². The number of nitrogens with one attached hydrogen (secondary N) is 1. The van der Waals surface area contributed by atoms with Gasteiger partial charge in [0, 0.05) is 6.04 Å². The molecule has 3 atom stereocenters. The van der Waals surface area contributed by atoms with E-state index in [9.17, 15) is 4.79 Å². The number of nitrogens with two attached hydrogens (primary N) is 1. The van der Waals surface area contributed by atoms with Crippen molar-refractivity contribution in [3.63, 3.8) is 0 Å². The van der Waals surface area contributed by atoms with Gasteiger partial charge < -0.3 is 0 Å². The van der Waals surface area contributed by atoms with Crippen LogP contribution in [0.3, 0.4) is 0 Å². The lowest BCUT2D eigenvalue weighted by atomic mass is 9.78. The molecule has 0 aromatic rings. The monoisotopic (exact) mass is 225 g/mol. The van der Waals surface area contributed by atoms with Crippen LogP contribution in [-0.2, 0) is 4.79 Å². The third kappa shape index (κ3) is 2.23. The number of likely N-dealkylation sites (tertiary alicyclic amines) is 1. The molecular weight excluding hydrogens is 202 g/mol. The summed E-state index contributed by atoms with van der Waals surface area (Å²) in [6.45, 7) is 3.02. The summed E-state index contributed by atoms with van der Waals surface area (Å²) >= 11 is 0. The Labute approximate surface area is 97.5 Å². The molecule has 1 heterocycles. The normalized spacial score (nSPS) is 32.9. The van der Waals surface area contributed by atoms with Crippen LogP contribution in [0.4, 0.5) is 0 Å². The SMILES string of the molecule is CC(C(=O)NN)N1CCC[C@H]2CCCC[C@H]21. The van der Waals surface area contributed by atoms with Gasteiger partial charge in [-0.15, -0.1) is 0 Å². The number of hydrogen-bond acceptors (Lipinski definition) is 3. The summed E-state index contributed by atoms with van der Waals surface area (Å²) in [6.07, 6.45) is 7.85. The van der Waals surface area contributed by atoms with Gasteiger partial charge in [-0.05, 0) is 45.1 Å². The van der Waals surface area contributed by atoms with Gasteiger partial charge in [-0.25, -0.2) is 5.84 Å². The van der Waals surface area contributed by atoms with Crippen LogP contribution in [0.1, 0.15) is 45.4 Å². The van der Waals surface area contributed by atoms with Crippen LogP contribution < -0.4 is 11.3 Å². The first-order valence-electron chi connectivity index (χ1n) is 6.50. The third-order valence-electron chi connectivity index (χ3n) is 4.31. The Kier molecular flexibility index (Phi) is 3.82. The molecule has 2 rings (SSSR count). The standard InChI is InChI=1S/C12H23N3O/c1-9(12(16)14-13)15-8-4-6-10-5-2-3-7-11(10)15/h9-11H,2-8,13H2,1H3,(H,14,16)/t9?,10-,11-/m1/s1. The number of piperidine rings is 1. The molecular formula is C12H23N3O. The van der Waals surface area contributed by atoms with E-state index >= 15 is 0 Å². The van der Waals surface area contributed by atoms with Crippen LogP contribution in [0.15, 0.2) is 0 Å². The molecule has 0 aromatic heterocycles. The van der Waals surface area contributed by atoms with E-state index in [1.165, 1.54) is 38.5 Å². The lowest BCUT2D eigenvalue weighted by molar-refractivity contribution is -0.128. The van der Waals surface area contributed by atoms with Gasteiger partial charge in [0.25, 0.3) is 5.91 Å². The van der Waals surface area contributed by atoms with Gasteiger partial charge in [-0.3, -0.25) is 15.1 Å². The van der Waals surface area contributed by atoms with Crippen molar-refractivity contribution in [2.75, 3.05) is 6.54 Å². The first-order valence-corrected chi connectivity index (χ1v) is 6.50. The summed E-state index contributed by atoms with van der Waals surface area (Å²) in [4.78, 5) is 14.0. The Morgan fingerprint density at radius 3 is 2.75 bits per heavy atom. The highest BCUT2D eigenvalue weighted by atomic mass is 16.2. The van der Waals surface area contributed by atoms with Crippen LogP contribution in [-0.4, -0.2) is 29.4 Å². The number of fused-ring (bicyclic) bond motifs is 1. The fraction of sp³-hybridized carbons (Fsp3) is 0.917. The first-order chi connectivity index (χ1) is 7.74. The van der Waals surface area contributed by atoms with Crippen molar-refractivity contribution < 1.29 is 4.79 Å². The molecule has 2 aliphatic rings. The molecule has 1 unspecified atom stereocenters. The molecule has 3 N–H and O–H groups in total. The summed E-state index contributed by atoms with van der Waals surface area (Å²) in [7, 11) is 0. The van der Waals surface area contributed by atoms with Gasteiger partial charge in [0.1, 0.15) is 0 Å². The number of hydrogen-bond donors (Lipinski definition) is 2. The largest absolute Gasteiger partial charge is 0.293 e. The Morgan fingerprint density at radius 1 is 1.31 bits per heavy atom. The van der Waals surface area contributed by atoms with Crippen molar-refractivity contribution in [2.24, 2.45) is 11.8 Å². The summed E-state index contributed by atoms with van der Waals surface area (Å²) in [5, 5.41) is 0. The Balaban J connectivity index is 2.04. The predicted octanol–water partition coefficient (Wildman–Crippen LogP) is 1.02. The molecule has 1 saturated heterocycles. The quantitative estimate of drug-likeness (QED) is 0.419. The van der Waals surface area contributed by atoms with Crippen molar-refractivity contribution in [3.8, 4) is 0 Å². The maximum Gasteiger partial charge on any atom is 0.250 e. The number of carbonyl (C=O) groups excluding carboxylic acids is 1. The molecule has 0 bridgehead atoms. The van der Waals surface area contributed by atoms with E-state index in [4.69, 9.17) is 5.84 Å². The van der Waals surface area contributed by atoms with Crippen molar-refractivity contribution in [1.29, 1.82) is 0 Å². The topological polar surface area (TPSA) is 58.4 Å². The molecule has 1 aliphatic carbocycles. The van der Waals surface area contributed by atoms with E-state index in [0.717, 1.165) is 12.5 Å². The van der Waals surface area contributed by atoms with Crippen LogP contribution in [0, 0.1) is 5.92 Å². The summed E-state index contributed by atoms with van der Waals surface area (Å²) in [5.41, 5.74) is 2.28. The Morgan fingerprint density at radius 2 is 2.00 bits per heavy atom. The lowest BCUT2D eigenvalue weighted by Gasteiger charge is -2.46. The first kappa shape index (κ1) is 11.9. The highest BCUT2D eigenvalue weighted by Gasteiger charge is 2.37. The van der Waals surface area contributed by atoms with Crippen LogP contribution >= 0.6 is 0 Å². The molecule has 0 aromatic carbocycles. The van der Waals surface area contributed by atoms with Gasteiger partial charge in [0.05, 0.1) is 6.04 Å². The van der Waals surface area contributed by atoms with Crippen molar-refractivity contribution in [1.82, 2.24) is 10.3 Å².